The Morgan fingerprint density at radius 1 is 1.21 bits per heavy atom. The van der Waals surface area contributed by atoms with E-state index in [1.807, 2.05) is 20.8 Å². The minimum Gasteiger partial charge on any atom is -0.312 e. The standard InChI is InChI=1S/C10H11N3O/c1-5-6(2)8-9(13-7(5)3)11-4-12-10(8)14/h4H,1-3H3,(H,11,12,13,14). The third kappa shape index (κ3) is 1.11. The van der Waals surface area contributed by atoms with Crippen molar-refractivity contribution < 1.29 is 0 Å². The van der Waals surface area contributed by atoms with Crippen LogP contribution in [-0.2, 0) is 0 Å². The van der Waals surface area contributed by atoms with Gasteiger partial charge in [0, 0.05) is 5.69 Å². The van der Waals surface area contributed by atoms with Crippen LogP contribution in [0.2, 0.25) is 0 Å². The van der Waals surface area contributed by atoms with Gasteiger partial charge in [0.05, 0.1) is 11.7 Å². The van der Waals surface area contributed by atoms with Crippen LogP contribution >= 0.6 is 0 Å². The van der Waals surface area contributed by atoms with E-state index in [1.54, 1.807) is 0 Å². The average molecular weight is 189 g/mol. The summed E-state index contributed by atoms with van der Waals surface area (Å²) in [5, 5.41) is 0.593. The van der Waals surface area contributed by atoms with Gasteiger partial charge in [-0.2, -0.15) is 0 Å². The Morgan fingerprint density at radius 3 is 2.64 bits per heavy atom. The van der Waals surface area contributed by atoms with Gasteiger partial charge in [-0.1, -0.05) is 0 Å². The van der Waals surface area contributed by atoms with Crippen molar-refractivity contribution in [2.75, 3.05) is 0 Å². The molecule has 0 aliphatic carbocycles. The summed E-state index contributed by atoms with van der Waals surface area (Å²) >= 11 is 0. The van der Waals surface area contributed by atoms with Crippen molar-refractivity contribution >= 4 is 11.0 Å². The maximum atomic E-state index is 11.5. The Morgan fingerprint density at radius 2 is 1.93 bits per heavy atom. The van der Waals surface area contributed by atoms with Crippen LogP contribution in [-0.4, -0.2) is 15.0 Å². The van der Waals surface area contributed by atoms with Gasteiger partial charge in [0.25, 0.3) is 5.56 Å². The van der Waals surface area contributed by atoms with Crippen molar-refractivity contribution in [2.45, 2.75) is 20.8 Å². The number of H-pyrrole nitrogens is 1. The maximum absolute atomic E-state index is 11.5. The number of nitrogens with zero attached hydrogens (tertiary/aromatic N) is 2. The molecule has 0 aliphatic rings. The maximum Gasteiger partial charge on any atom is 0.260 e. The van der Waals surface area contributed by atoms with Crippen LogP contribution in [0.25, 0.3) is 11.0 Å². The fourth-order valence-electron chi connectivity index (χ4n) is 1.51. The molecule has 0 atom stereocenters. The minimum atomic E-state index is -0.122. The molecule has 0 saturated carbocycles. The van der Waals surface area contributed by atoms with Crippen LogP contribution in [0.3, 0.4) is 0 Å². The molecule has 2 rings (SSSR count). The molecule has 72 valence electrons. The molecule has 4 nitrogen and oxygen atoms in total. The van der Waals surface area contributed by atoms with E-state index >= 15 is 0 Å². The highest BCUT2D eigenvalue weighted by atomic mass is 16.1. The largest absolute Gasteiger partial charge is 0.312 e. The normalized spacial score (nSPS) is 10.8. The van der Waals surface area contributed by atoms with Crippen LogP contribution in [0, 0.1) is 20.8 Å². The van der Waals surface area contributed by atoms with Crippen molar-refractivity contribution in [3.8, 4) is 0 Å². The molecule has 2 aromatic rings. The zero-order valence-corrected chi connectivity index (χ0v) is 8.38. The number of rotatable bonds is 0. The lowest BCUT2D eigenvalue weighted by atomic mass is 10.1. The molecule has 2 aromatic heterocycles. The number of aromatic amines is 1. The Labute approximate surface area is 81.0 Å². The van der Waals surface area contributed by atoms with E-state index < -0.39 is 0 Å². The molecule has 1 N–H and O–H groups in total. The fourth-order valence-corrected chi connectivity index (χ4v) is 1.51. The topological polar surface area (TPSA) is 58.6 Å². The van der Waals surface area contributed by atoms with Gasteiger partial charge < -0.3 is 4.98 Å². The van der Waals surface area contributed by atoms with Crippen LogP contribution in [0.15, 0.2) is 11.1 Å². The molecule has 0 aliphatic heterocycles. The van der Waals surface area contributed by atoms with E-state index in [4.69, 9.17) is 0 Å². The van der Waals surface area contributed by atoms with Crippen LogP contribution in [0.4, 0.5) is 0 Å². The number of aromatic nitrogens is 3. The summed E-state index contributed by atoms with van der Waals surface area (Å²) in [6.45, 7) is 5.80. The number of hydrogen-bond donors (Lipinski definition) is 1. The van der Waals surface area contributed by atoms with Gasteiger partial charge in [-0.3, -0.25) is 4.79 Å². The second-order valence-corrected chi connectivity index (χ2v) is 3.38. The molecule has 0 bridgehead atoms. The van der Waals surface area contributed by atoms with E-state index in [0.717, 1.165) is 16.8 Å². The molecule has 14 heavy (non-hydrogen) atoms. The van der Waals surface area contributed by atoms with Gasteiger partial charge in [-0.15, -0.1) is 0 Å². The molecule has 0 amide bonds. The SMILES string of the molecule is Cc1nc2nc[nH]c(=O)c2c(C)c1C. The molecule has 0 aromatic carbocycles. The number of hydrogen-bond acceptors (Lipinski definition) is 3. The number of aryl methyl sites for hydroxylation is 2. The Bertz CT molecular complexity index is 557. The van der Waals surface area contributed by atoms with E-state index in [0.29, 0.717) is 11.0 Å². The molecule has 0 radical (unpaired) electrons. The summed E-state index contributed by atoms with van der Waals surface area (Å²) in [5.74, 6) is 0. The van der Waals surface area contributed by atoms with Gasteiger partial charge in [0.1, 0.15) is 0 Å². The predicted molar refractivity (Wildman–Crippen MR) is 54.4 cm³/mol. The highest BCUT2D eigenvalue weighted by molar-refractivity contribution is 5.78. The van der Waals surface area contributed by atoms with Crippen molar-refractivity contribution in [1.29, 1.82) is 0 Å². The van der Waals surface area contributed by atoms with Gasteiger partial charge >= 0.3 is 0 Å². The molecule has 0 unspecified atom stereocenters. The molecule has 0 fully saturated rings. The number of pyridine rings is 1. The summed E-state index contributed by atoms with van der Waals surface area (Å²) in [4.78, 5) is 22.4. The van der Waals surface area contributed by atoms with Crippen LogP contribution in [0.5, 0.6) is 0 Å². The van der Waals surface area contributed by atoms with Gasteiger partial charge in [-0.05, 0) is 31.9 Å². The van der Waals surface area contributed by atoms with E-state index in [2.05, 4.69) is 15.0 Å². The minimum absolute atomic E-state index is 0.122. The fraction of sp³-hybridized carbons (Fsp3) is 0.300. The van der Waals surface area contributed by atoms with E-state index in [-0.39, 0.29) is 5.56 Å². The predicted octanol–water partition coefficient (Wildman–Crippen LogP) is 1.24. The quantitative estimate of drug-likeness (QED) is 0.678. The first-order valence-electron chi connectivity index (χ1n) is 4.42. The van der Waals surface area contributed by atoms with Crippen LogP contribution in [0.1, 0.15) is 16.8 Å². The third-order valence-corrected chi connectivity index (χ3v) is 2.59. The van der Waals surface area contributed by atoms with E-state index in [9.17, 15) is 4.79 Å². The second-order valence-electron chi connectivity index (χ2n) is 3.38. The molecule has 0 saturated heterocycles. The van der Waals surface area contributed by atoms with Crippen molar-refractivity contribution in [3.05, 3.63) is 33.5 Å². The molecule has 4 heteroatoms. The third-order valence-electron chi connectivity index (χ3n) is 2.59. The van der Waals surface area contributed by atoms with Crippen molar-refractivity contribution in [1.82, 2.24) is 15.0 Å². The highest BCUT2D eigenvalue weighted by Gasteiger charge is 2.08. The summed E-state index contributed by atoms with van der Waals surface area (Å²) in [7, 11) is 0. The van der Waals surface area contributed by atoms with E-state index in [1.165, 1.54) is 6.33 Å². The van der Waals surface area contributed by atoms with Gasteiger partial charge in [0.2, 0.25) is 0 Å². The lowest BCUT2D eigenvalue weighted by Gasteiger charge is -2.05. The Hall–Kier alpha value is -1.71. The Kier molecular flexibility index (Phi) is 1.84. The summed E-state index contributed by atoms with van der Waals surface area (Å²) in [6, 6.07) is 0. The molecular formula is C10H11N3O. The monoisotopic (exact) mass is 189 g/mol. The second kappa shape index (κ2) is 2.90. The zero-order valence-electron chi connectivity index (χ0n) is 8.38. The molecule has 0 spiro atoms. The molecule has 2 heterocycles. The van der Waals surface area contributed by atoms with Crippen molar-refractivity contribution in [2.24, 2.45) is 0 Å². The number of nitrogens with one attached hydrogen (secondary N) is 1. The smallest absolute Gasteiger partial charge is 0.260 e. The summed E-state index contributed by atoms with van der Waals surface area (Å²) < 4.78 is 0. The lowest BCUT2D eigenvalue weighted by molar-refractivity contribution is 1.09. The Balaban J connectivity index is 3.07. The first kappa shape index (κ1) is 8.87. The van der Waals surface area contributed by atoms with Gasteiger partial charge in [0.15, 0.2) is 5.65 Å². The zero-order chi connectivity index (χ0) is 10.3. The first-order valence-corrected chi connectivity index (χ1v) is 4.42. The van der Waals surface area contributed by atoms with Crippen LogP contribution < -0.4 is 5.56 Å². The first-order chi connectivity index (χ1) is 6.61. The summed E-state index contributed by atoms with van der Waals surface area (Å²) in [5.41, 5.74) is 3.34. The lowest BCUT2D eigenvalue weighted by Crippen LogP contribution is -2.10. The molecular weight excluding hydrogens is 178 g/mol. The summed E-state index contributed by atoms with van der Waals surface area (Å²) in [6.07, 6.45) is 1.38. The highest BCUT2D eigenvalue weighted by Crippen LogP contribution is 2.16. The van der Waals surface area contributed by atoms with Crippen molar-refractivity contribution in [3.63, 3.8) is 0 Å². The van der Waals surface area contributed by atoms with Gasteiger partial charge in [-0.25, -0.2) is 9.97 Å². The number of fused-ring (bicyclic) bond motifs is 1. The average Bonchev–Trinajstić information content (AvgIpc) is 2.14.